The minimum Gasteiger partial charge on any atom is -0.306 e. The molecular weight excluding hydrogens is 214 g/mol. The highest BCUT2D eigenvalue weighted by molar-refractivity contribution is 7.99. The van der Waals surface area contributed by atoms with E-state index in [9.17, 15) is 0 Å². The van der Waals surface area contributed by atoms with E-state index in [0.717, 1.165) is 22.5 Å². The molecule has 2 heterocycles. The molecule has 0 spiro atoms. The summed E-state index contributed by atoms with van der Waals surface area (Å²) in [5.41, 5.74) is 0. The largest absolute Gasteiger partial charge is 0.306 e. The van der Waals surface area contributed by atoms with Crippen molar-refractivity contribution in [1.29, 1.82) is 0 Å². The highest BCUT2D eigenvalue weighted by Crippen LogP contribution is 2.23. The Morgan fingerprint density at radius 2 is 2.29 bits per heavy atom. The van der Waals surface area contributed by atoms with Gasteiger partial charge in [0.25, 0.3) is 0 Å². The van der Waals surface area contributed by atoms with E-state index in [4.69, 9.17) is 0 Å². The average Bonchev–Trinajstić information content (AvgIpc) is 2.72. The van der Waals surface area contributed by atoms with Crippen LogP contribution in [0.4, 0.5) is 0 Å². The third-order valence-electron chi connectivity index (χ3n) is 2.45. The molecule has 0 bridgehead atoms. The minimum atomic E-state index is 0.657. The Balaban J connectivity index is 1.82. The van der Waals surface area contributed by atoms with E-state index in [1.165, 1.54) is 11.5 Å². The van der Waals surface area contributed by atoms with Gasteiger partial charge in [-0.05, 0) is 18.6 Å². The molecule has 1 N–H and O–H groups in total. The summed E-state index contributed by atoms with van der Waals surface area (Å²) >= 11 is 3.72. The standard InChI is InChI=1S/C9H15N3S2/c1-6-4-13-5-8(6)10-3-9-12-11-7(2)14-9/h6,8,10H,3-5H2,1-2H3. The van der Waals surface area contributed by atoms with Crippen LogP contribution in [0.5, 0.6) is 0 Å². The first kappa shape index (κ1) is 10.4. The van der Waals surface area contributed by atoms with Gasteiger partial charge in [0, 0.05) is 18.3 Å². The molecule has 2 atom stereocenters. The average molecular weight is 229 g/mol. The summed E-state index contributed by atoms with van der Waals surface area (Å²) < 4.78 is 0. The maximum Gasteiger partial charge on any atom is 0.131 e. The van der Waals surface area contributed by atoms with Crippen molar-refractivity contribution in [3.63, 3.8) is 0 Å². The van der Waals surface area contributed by atoms with Gasteiger partial charge in [0.2, 0.25) is 0 Å². The summed E-state index contributed by atoms with van der Waals surface area (Å²) in [7, 11) is 0. The van der Waals surface area contributed by atoms with Gasteiger partial charge in [-0.3, -0.25) is 0 Å². The molecule has 5 heteroatoms. The molecule has 0 aromatic carbocycles. The first-order chi connectivity index (χ1) is 6.75. The van der Waals surface area contributed by atoms with Gasteiger partial charge in [-0.2, -0.15) is 11.8 Å². The first-order valence-electron chi connectivity index (χ1n) is 4.86. The summed E-state index contributed by atoms with van der Waals surface area (Å²) in [5.74, 6) is 3.31. The Hall–Kier alpha value is -0.130. The number of nitrogens with one attached hydrogen (secondary N) is 1. The van der Waals surface area contributed by atoms with Crippen molar-refractivity contribution in [1.82, 2.24) is 15.5 Å². The Morgan fingerprint density at radius 1 is 1.43 bits per heavy atom. The Labute approximate surface area is 92.7 Å². The molecule has 1 aromatic heterocycles. The predicted molar refractivity (Wildman–Crippen MR) is 61.8 cm³/mol. The van der Waals surface area contributed by atoms with Gasteiger partial charge in [-0.1, -0.05) is 6.92 Å². The van der Waals surface area contributed by atoms with E-state index in [1.807, 2.05) is 18.7 Å². The number of hydrogen-bond acceptors (Lipinski definition) is 5. The molecule has 0 amide bonds. The zero-order chi connectivity index (χ0) is 9.97. The topological polar surface area (TPSA) is 37.8 Å². The fourth-order valence-corrected chi connectivity index (χ4v) is 3.65. The monoisotopic (exact) mass is 229 g/mol. The lowest BCUT2D eigenvalue weighted by Crippen LogP contribution is -2.33. The third kappa shape index (κ3) is 2.46. The van der Waals surface area contributed by atoms with Crippen LogP contribution < -0.4 is 5.32 Å². The summed E-state index contributed by atoms with van der Waals surface area (Å²) in [6.45, 7) is 5.18. The second-order valence-corrected chi connectivity index (χ2v) is 6.06. The smallest absolute Gasteiger partial charge is 0.131 e. The molecule has 78 valence electrons. The van der Waals surface area contributed by atoms with E-state index < -0.39 is 0 Å². The molecule has 14 heavy (non-hydrogen) atoms. The summed E-state index contributed by atoms with van der Waals surface area (Å²) in [4.78, 5) is 0. The van der Waals surface area contributed by atoms with E-state index in [0.29, 0.717) is 6.04 Å². The van der Waals surface area contributed by atoms with Crippen LogP contribution in [0.2, 0.25) is 0 Å². The van der Waals surface area contributed by atoms with Crippen molar-refractivity contribution in [2.45, 2.75) is 26.4 Å². The van der Waals surface area contributed by atoms with Crippen molar-refractivity contribution >= 4 is 23.1 Å². The molecule has 0 saturated carbocycles. The van der Waals surface area contributed by atoms with Crippen LogP contribution in [0.1, 0.15) is 16.9 Å². The van der Waals surface area contributed by atoms with Crippen molar-refractivity contribution in [2.75, 3.05) is 11.5 Å². The number of aryl methyl sites for hydroxylation is 1. The molecule has 2 rings (SSSR count). The van der Waals surface area contributed by atoms with Crippen LogP contribution in [0.25, 0.3) is 0 Å². The van der Waals surface area contributed by atoms with E-state index in [-0.39, 0.29) is 0 Å². The Morgan fingerprint density at radius 3 is 2.86 bits per heavy atom. The molecule has 1 aliphatic rings. The molecule has 0 radical (unpaired) electrons. The zero-order valence-corrected chi connectivity index (χ0v) is 10.1. The van der Waals surface area contributed by atoms with Crippen LogP contribution in [-0.4, -0.2) is 27.7 Å². The maximum absolute atomic E-state index is 4.10. The lowest BCUT2D eigenvalue weighted by Gasteiger charge is -2.14. The van der Waals surface area contributed by atoms with Gasteiger partial charge in [-0.25, -0.2) is 0 Å². The van der Waals surface area contributed by atoms with Gasteiger partial charge in [0.05, 0.1) is 0 Å². The quantitative estimate of drug-likeness (QED) is 0.856. The van der Waals surface area contributed by atoms with E-state index in [2.05, 4.69) is 22.4 Å². The number of thioether (sulfide) groups is 1. The predicted octanol–water partition coefficient (Wildman–Crippen LogP) is 1.69. The molecule has 3 nitrogen and oxygen atoms in total. The number of aromatic nitrogens is 2. The number of nitrogens with zero attached hydrogens (tertiary/aromatic N) is 2. The summed E-state index contributed by atoms with van der Waals surface area (Å²) in [6.07, 6.45) is 0. The minimum absolute atomic E-state index is 0.657. The third-order valence-corrected chi connectivity index (χ3v) is 4.64. The number of hydrogen-bond donors (Lipinski definition) is 1. The van der Waals surface area contributed by atoms with Gasteiger partial charge >= 0.3 is 0 Å². The SMILES string of the molecule is Cc1nnc(CNC2CSCC2C)s1. The van der Waals surface area contributed by atoms with Gasteiger partial charge < -0.3 is 5.32 Å². The molecule has 1 aliphatic heterocycles. The van der Waals surface area contributed by atoms with E-state index >= 15 is 0 Å². The van der Waals surface area contributed by atoms with Gasteiger partial charge in [0.1, 0.15) is 10.0 Å². The van der Waals surface area contributed by atoms with Gasteiger partial charge in [0.15, 0.2) is 0 Å². The van der Waals surface area contributed by atoms with Crippen molar-refractivity contribution in [3.8, 4) is 0 Å². The van der Waals surface area contributed by atoms with Crippen LogP contribution in [0.15, 0.2) is 0 Å². The maximum atomic E-state index is 4.10. The molecule has 0 aliphatic carbocycles. The van der Waals surface area contributed by atoms with Crippen LogP contribution in [0.3, 0.4) is 0 Å². The molecule has 2 unspecified atom stereocenters. The first-order valence-corrected chi connectivity index (χ1v) is 6.83. The second-order valence-electron chi connectivity index (χ2n) is 3.72. The summed E-state index contributed by atoms with van der Waals surface area (Å²) in [6, 6.07) is 0.657. The molecule has 1 fully saturated rings. The molecular formula is C9H15N3S2. The zero-order valence-electron chi connectivity index (χ0n) is 8.49. The lowest BCUT2D eigenvalue weighted by molar-refractivity contribution is 0.452. The fourth-order valence-electron chi connectivity index (χ4n) is 1.55. The lowest BCUT2D eigenvalue weighted by atomic mass is 10.1. The van der Waals surface area contributed by atoms with Gasteiger partial charge in [-0.15, -0.1) is 21.5 Å². The summed E-state index contributed by atoms with van der Waals surface area (Å²) in [5, 5.41) is 13.8. The van der Waals surface area contributed by atoms with Crippen LogP contribution in [-0.2, 0) is 6.54 Å². The molecule has 1 aromatic rings. The van der Waals surface area contributed by atoms with E-state index in [1.54, 1.807) is 11.3 Å². The number of rotatable bonds is 3. The fraction of sp³-hybridized carbons (Fsp3) is 0.778. The van der Waals surface area contributed by atoms with Crippen molar-refractivity contribution in [2.24, 2.45) is 5.92 Å². The normalized spacial score (nSPS) is 27.0. The Kier molecular flexibility index (Phi) is 3.41. The second kappa shape index (κ2) is 4.59. The van der Waals surface area contributed by atoms with Crippen molar-refractivity contribution < 1.29 is 0 Å². The van der Waals surface area contributed by atoms with Crippen LogP contribution in [0, 0.1) is 12.8 Å². The van der Waals surface area contributed by atoms with Crippen molar-refractivity contribution in [3.05, 3.63) is 10.0 Å². The highest BCUT2D eigenvalue weighted by atomic mass is 32.2. The Bertz CT molecular complexity index is 300. The molecule has 1 saturated heterocycles. The van der Waals surface area contributed by atoms with Crippen LogP contribution >= 0.6 is 23.1 Å². The highest BCUT2D eigenvalue weighted by Gasteiger charge is 2.23.